The molecule has 158 valence electrons. The number of carbonyl (C=O) groups is 1. The summed E-state index contributed by atoms with van der Waals surface area (Å²) < 4.78 is 17.7. The van der Waals surface area contributed by atoms with Crippen LogP contribution in [0.5, 0.6) is 23.0 Å². The van der Waals surface area contributed by atoms with Crippen molar-refractivity contribution < 1.29 is 29.2 Å². The lowest BCUT2D eigenvalue weighted by Gasteiger charge is -2.47. The molecule has 5 rings (SSSR count). The van der Waals surface area contributed by atoms with Crippen molar-refractivity contribution >= 4 is 5.97 Å². The van der Waals surface area contributed by atoms with Gasteiger partial charge >= 0.3 is 5.97 Å². The van der Waals surface area contributed by atoms with E-state index in [1.54, 1.807) is 25.1 Å². The fourth-order valence-corrected chi connectivity index (χ4v) is 4.85. The highest BCUT2D eigenvalue weighted by Gasteiger charge is 2.51. The zero-order valence-electron chi connectivity index (χ0n) is 17.4. The average Bonchev–Trinajstić information content (AvgIpc) is 2.73. The van der Waals surface area contributed by atoms with Gasteiger partial charge < -0.3 is 24.4 Å². The fourth-order valence-electron chi connectivity index (χ4n) is 4.85. The molecule has 0 amide bonds. The summed E-state index contributed by atoms with van der Waals surface area (Å²) in [6, 6.07) is 14.6. The number of aryl methyl sites for hydroxylation is 2. The van der Waals surface area contributed by atoms with Gasteiger partial charge in [0, 0.05) is 35.1 Å². The van der Waals surface area contributed by atoms with Crippen molar-refractivity contribution in [3.05, 3.63) is 81.9 Å². The number of carbonyl (C=O) groups excluding carboxylic acids is 1. The van der Waals surface area contributed by atoms with Gasteiger partial charge in [0.15, 0.2) is 0 Å². The lowest BCUT2D eigenvalue weighted by Crippen LogP contribution is -2.47. The third-order valence-electron chi connectivity index (χ3n) is 6.16. The van der Waals surface area contributed by atoms with Crippen molar-refractivity contribution in [3.8, 4) is 23.0 Å². The number of fused-ring (bicyclic) bond motifs is 6. The molecule has 2 N–H and O–H groups in total. The summed E-state index contributed by atoms with van der Waals surface area (Å²) in [5.41, 5.74) is 3.70. The van der Waals surface area contributed by atoms with Crippen LogP contribution in [0.4, 0.5) is 0 Å². The Labute approximate surface area is 179 Å². The molecule has 6 nitrogen and oxygen atoms in total. The van der Waals surface area contributed by atoms with Gasteiger partial charge in [-0.05, 0) is 37.1 Å². The van der Waals surface area contributed by atoms with Crippen LogP contribution in [0.1, 0.15) is 50.5 Å². The molecule has 0 saturated heterocycles. The molecule has 2 aliphatic rings. The van der Waals surface area contributed by atoms with Crippen LogP contribution in [0.2, 0.25) is 0 Å². The van der Waals surface area contributed by atoms with Crippen molar-refractivity contribution in [1.29, 1.82) is 0 Å². The normalized spacial score (nSPS) is 20.7. The van der Waals surface area contributed by atoms with E-state index >= 15 is 0 Å². The number of methoxy groups -OCH3 is 1. The van der Waals surface area contributed by atoms with Gasteiger partial charge in [0.05, 0.1) is 7.11 Å². The van der Waals surface area contributed by atoms with E-state index in [1.807, 2.05) is 37.3 Å². The largest absolute Gasteiger partial charge is 0.508 e. The first-order valence-corrected chi connectivity index (χ1v) is 10.1. The maximum absolute atomic E-state index is 12.4. The van der Waals surface area contributed by atoms with Crippen LogP contribution >= 0.6 is 0 Å². The van der Waals surface area contributed by atoms with E-state index in [4.69, 9.17) is 14.2 Å². The second-order valence-electron chi connectivity index (χ2n) is 8.07. The molecule has 3 aromatic carbocycles. The maximum Gasteiger partial charge on any atom is 0.341 e. The number of rotatable bonds is 2. The number of benzene rings is 3. The average molecular weight is 418 g/mol. The lowest BCUT2D eigenvalue weighted by atomic mass is 9.75. The summed E-state index contributed by atoms with van der Waals surface area (Å²) in [6.45, 7) is 3.62. The van der Waals surface area contributed by atoms with Crippen LogP contribution in [0, 0.1) is 13.8 Å². The monoisotopic (exact) mass is 418 g/mol. The minimum absolute atomic E-state index is 0.0861. The fraction of sp³-hybridized carbons (Fsp3) is 0.240. The van der Waals surface area contributed by atoms with E-state index < -0.39 is 11.8 Å². The number of phenolic OH excluding ortho intramolecular Hbond substituents is 2. The van der Waals surface area contributed by atoms with Crippen LogP contribution in [0.15, 0.2) is 48.5 Å². The van der Waals surface area contributed by atoms with Gasteiger partial charge in [0.25, 0.3) is 5.79 Å². The third-order valence-corrected chi connectivity index (χ3v) is 6.16. The SMILES string of the molecule is COC(=O)c1c(C)cc2c(c1O)[C@H]1C[C@@](c3ccccc3)(Oc3cc(O)cc(C)c31)O2. The minimum atomic E-state index is -1.13. The van der Waals surface area contributed by atoms with E-state index in [9.17, 15) is 15.0 Å². The highest BCUT2D eigenvalue weighted by Crippen LogP contribution is 2.59. The third kappa shape index (κ3) is 2.75. The molecule has 2 heterocycles. The first kappa shape index (κ1) is 19.3. The first-order valence-electron chi connectivity index (χ1n) is 10.1. The molecular formula is C25H22O6. The topological polar surface area (TPSA) is 85.2 Å². The Hall–Kier alpha value is -3.67. The summed E-state index contributed by atoms with van der Waals surface area (Å²) in [5.74, 6) is -1.15. The summed E-state index contributed by atoms with van der Waals surface area (Å²) in [6.07, 6.45) is 0.403. The first-order chi connectivity index (χ1) is 14.8. The van der Waals surface area contributed by atoms with Crippen LogP contribution < -0.4 is 9.47 Å². The molecule has 3 aromatic rings. The zero-order chi connectivity index (χ0) is 21.9. The minimum Gasteiger partial charge on any atom is -0.508 e. The molecule has 0 aromatic heterocycles. The van der Waals surface area contributed by atoms with Crippen molar-refractivity contribution in [2.45, 2.75) is 32.0 Å². The predicted molar refractivity (Wildman–Crippen MR) is 113 cm³/mol. The van der Waals surface area contributed by atoms with E-state index in [0.29, 0.717) is 29.0 Å². The highest BCUT2D eigenvalue weighted by atomic mass is 16.7. The van der Waals surface area contributed by atoms with Crippen molar-refractivity contribution in [1.82, 2.24) is 0 Å². The molecule has 0 fully saturated rings. The van der Waals surface area contributed by atoms with E-state index in [2.05, 4.69) is 0 Å². The van der Waals surface area contributed by atoms with Gasteiger partial charge in [-0.15, -0.1) is 0 Å². The second-order valence-corrected chi connectivity index (χ2v) is 8.07. The number of hydrogen-bond donors (Lipinski definition) is 2. The van der Waals surface area contributed by atoms with E-state index in [-0.39, 0.29) is 23.0 Å². The Morgan fingerprint density at radius 2 is 1.68 bits per heavy atom. The highest BCUT2D eigenvalue weighted by molar-refractivity contribution is 5.95. The summed E-state index contributed by atoms with van der Waals surface area (Å²) in [7, 11) is 1.29. The molecule has 0 saturated carbocycles. The molecule has 2 bridgehead atoms. The summed E-state index contributed by atoms with van der Waals surface area (Å²) in [5, 5.41) is 21.4. The standard InChI is InChI=1S/C25H22O6/c1-13-9-16(26)11-19-20(13)17-12-25(31-19,15-7-5-4-6-8-15)30-18-10-14(2)21(24(28)29-3)23(27)22(17)18/h4-11,17,26-27H,12H2,1-3H3/t17-,25-/m0/s1. The quantitative estimate of drug-likeness (QED) is 0.589. The van der Waals surface area contributed by atoms with Crippen LogP contribution in [-0.2, 0) is 10.5 Å². The molecule has 0 spiro atoms. The molecule has 2 atom stereocenters. The number of ether oxygens (including phenoxy) is 3. The Kier molecular flexibility index (Phi) is 4.15. The van der Waals surface area contributed by atoms with Crippen LogP contribution in [-0.4, -0.2) is 23.3 Å². The van der Waals surface area contributed by atoms with Crippen molar-refractivity contribution in [3.63, 3.8) is 0 Å². The molecule has 2 aliphatic heterocycles. The molecule has 31 heavy (non-hydrogen) atoms. The summed E-state index contributed by atoms with van der Waals surface area (Å²) in [4.78, 5) is 12.4. The predicted octanol–water partition coefficient (Wildman–Crippen LogP) is 4.66. The van der Waals surface area contributed by atoms with Gasteiger partial charge in [-0.2, -0.15) is 0 Å². The second kappa shape index (κ2) is 6.67. The van der Waals surface area contributed by atoms with E-state index in [0.717, 1.165) is 16.7 Å². The number of phenols is 2. The smallest absolute Gasteiger partial charge is 0.341 e. The molecule has 0 aliphatic carbocycles. The Morgan fingerprint density at radius 1 is 1.00 bits per heavy atom. The van der Waals surface area contributed by atoms with Crippen LogP contribution in [0.3, 0.4) is 0 Å². The molecule has 6 heteroatoms. The molecule has 0 radical (unpaired) electrons. The van der Waals surface area contributed by atoms with Gasteiger partial charge in [0.2, 0.25) is 0 Å². The van der Waals surface area contributed by atoms with Crippen molar-refractivity contribution in [2.24, 2.45) is 0 Å². The Morgan fingerprint density at radius 3 is 2.35 bits per heavy atom. The summed E-state index contributed by atoms with van der Waals surface area (Å²) >= 11 is 0. The zero-order valence-corrected chi connectivity index (χ0v) is 17.4. The van der Waals surface area contributed by atoms with E-state index in [1.165, 1.54) is 7.11 Å². The maximum atomic E-state index is 12.4. The van der Waals surface area contributed by atoms with Gasteiger partial charge in [-0.1, -0.05) is 30.3 Å². The van der Waals surface area contributed by atoms with Gasteiger partial charge in [-0.3, -0.25) is 0 Å². The Balaban J connectivity index is 1.82. The van der Waals surface area contributed by atoms with Crippen LogP contribution in [0.25, 0.3) is 0 Å². The number of aromatic hydroxyl groups is 2. The Bertz CT molecular complexity index is 1220. The lowest BCUT2D eigenvalue weighted by molar-refractivity contribution is -0.149. The van der Waals surface area contributed by atoms with Gasteiger partial charge in [-0.25, -0.2) is 4.79 Å². The molecule has 0 unspecified atom stereocenters. The number of esters is 1. The van der Waals surface area contributed by atoms with Gasteiger partial charge in [0.1, 0.15) is 28.6 Å². The van der Waals surface area contributed by atoms with Crippen molar-refractivity contribution in [2.75, 3.05) is 7.11 Å². The number of hydrogen-bond acceptors (Lipinski definition) is 6. The molecular weight excluding hydrogens is 396 g/mol.